The third-order valence-electron chi connectivity index (χ3n) is 4.50. The summed E-state index contributed by atoms with van der Waals surface area (Å²) in [4.78, 5) is 16.9. The van der Waals surface area contributed by atoms with E-state index in [9.17, 15) is 13.2 Å². The van der Waals surface area contributed by atoms with Gasteiger partial charge < -0.3 is 9.88 Å². The van der Waals surface area contributed by atoms with Crippen LogP contribution in [0.2, 0.25) is 0 Å². The maximum absolute atomic E-state index is 12.1. The molecule has 0 fully saturated rings. The van der Waals surface area contributed by atoms with E-state index in [0.29, 0.717) is 6.54 Å². The molecule has 1 amide bonds. The molecule has 0 saturated carbocycles. The number of para-hydroxylation sites is 2. The van der Waals surface area contributed by atoms with Crippen molar-refractivity contribution >= 4 is 26.8 Å². The Labute approximate surface area is 159 Å². The smallest absolute Gasteiger partial charge is 0.224 e. The summed E-state index contributed by atoms with van der Waals surface area (Å²) >= 11 is 0. The number of nitrogens with zero attached hydrogens (tertiary/aromatic N) is 2. The molecular formula is C20H23N3O3S. The van der Waals surface area contributed by atoms with Crippen molar-refractivity contribution in [2.24, 2.45) is 7.05 Å². The van der Waals surface area contributed by atoms with E-state index in [4.69, 9.17) is 0 Å². The fourth-order valence-corrected chi connectivity index (χ4v) is 3.63. The molecule has 7 heteroatoms. The van der Waals surface area contributed by atoms with Gasteiger partial charge >= 0.3 is 0 Å². The fraction of sp³-hybridized carbons (Fsp3) is 0.300. The first-order chi connectivity index (χ1) is 12.8. The number of hydrogen-bond acceptors (Lipinski definition) is 4. The molecule has 0 unspecified atom stereocenters. The monoisotopic (exact) mass is 385 g/mol. The molecule has 1 heterocycles. The van der Waals surface area contributed by atoms with Crippen LogP contribution >= 0.6 is 0 Å². The Bertz CT molecular complexity index is 1050. The van der Waals surface area contributed by atoms with Crippen molar-refractivity contribution in [2.75, 3.05) is 12.8 Å². The fourth-order valence-electron chi connectivity index (χ4n) is 3.00. The first-order valence-corrected chi connectivity index (χ1v) is 10.7. The SMILES string of the molecule is Cn1c(CCCNC(=O)Cc2ccc(S(C)(=O)=O)cc2)nc2ccccc21. The number of fused-ring (bicyclic) bond motifs is 1. The highest BCUT2D eigenvalue weighted by atomic mass is 32.2. The molecule has 1 N–H and O–H groups in total. The number of aromatic nitrogens is 2. The lowest BCUT2D eigenvalue weighted by molar-refractivity contribution is -0.120. The van der Waals surface area contributed by atoms with Gasteiger partial charge in [0.2, 0.25) is 5.91 Å². The zero-order chi connectivity index (χ0) is 19.4. The van der Waals surface area contributed by atoms with Gasteiger partial charge in [0, 0.05) is 26.3 Å². The van der Waals surface area contributed by atoms with E-state index in [1.54, 1.807) is 12.1 Å². The van der Waals surface area contributed by atoms with Crippen LogP contribution in [0.4, 0.5) is 0 Å². The van der Waals surface area contributed by atoms with Crippen LogP contribution in [0.5, 0.6) is 0 Å². The number of hydrogen-bond donors (Lipinski definition) is 1. The summed E-state index contributed by atoms with van der Waals surface area (Å²) in [5, 5.41) is 2.91. The summed E-state index contributed by atoms with van der Waals surface area (Å²) in [5.41, 5.74) is 2.88. The molecule has 0 radical (unpaired) electrons. The summed E-state index contributed by atoms with van der Waals surface area (Å²) in [6.45, 7) is 0.573. The molecule has 0 aliphatic heterocycles. The molecule has 3 rings (SSSR count). The third kappa shape index (κ3) is 4.74. The quantitative estimate of drug-likeness (QED) is 0.633. The Morgan fingerprint density at radius 3 is 2.48 bits per heavy atom. The number of carbonyl (C=O) groups is 1. The Kier molecular flexibility index (Phi) is 5.60. The van der Waals surface area contributed by atoms with Crippen LogP contribution in [-0.4, -0.2) is 36.7 Å². The van der Waals surface area contributed by atoms with Crippen LogP contribution in [0.1, 0.15) is 17.8 Å². The van der Waals surface area contributed by atoms with Gasteiger partial charge in [-0.25, -0.2) is 13.4 Å². The zero-order valence-corrected chi connectivity index (χ0v) is 16.3. The standard InChI is InChI=1S/C20H23N3O3S/c1-23-18-7-4-3-6-17(18)22-19(23)8-5-13-21-20(24)14-15-9-11-16(12-10-15)27(2,25)26/h3-4,6-7,9-12H,5,8,13-14H2,1-2H3,(H,21,24). The largest absolute Gasteiger partial charge is 0.356 e. The van der Waals surface area contributed by atoms with Gasteiger partial charge in [-0.2, -0.15) is 0 Å². The second-order valence-corrected chi connectivity index (χ2v) is 8.64. The average Bonchev–Trinajstić information content (AvgIpc) is 2.95. The van der Waals surface area contributed by atoms with Gasteiger partial charge in [0.25, 0.3) is 0 Å². The molecule has 1 aromatic heterocycles. The molecule has 0 atom stereocenters. The molecule has 6 nitrogen and oxygen atoms in total. The van der Waals surface area contributed by atoms with E-state index >= 15 is 0 Å². The number of carbonyl (C=O) groups excluding carboxylic acids is 1. The highest BCUT2D eigenvalue weighted by Gasteiger charge is 2.09. The zero-order valence-electron chi connectivity index (χ0n) is 15.5. The van der Waals surface area contributed by atoms with Crippen molar-refractivity contribution in [1.29, 1.82) is 0 Å². The van der Waals surface area contributed by atoms with Crippen LogP contribution < -0.4 is 5.32 Å². The van der Waals surface area contributed by atoms with E-state index in [-0.39, 0.29) is 17.2 Å². The molecule has 3 aromatic rings. The average molecular weight is 385 g/mol. The van der Waals surface area contributed by atoms with Gasteiger partial charge in [0.05, 0.1) is 22.3 Å². The van der Waals surface area contributed by atoms with Gasteiger partial charge in [-0.1, -0.05) is 24.3 Å². The maximum atomic E-state index is 12.1. The second kappa shape index (κ2) is 7.92. The molecule has 0 bridgehead atoms. The van der Waals surface area contributed by atoms with Gasteiger partial charge in [0.1, 0.15) is 5.82 Å². The lowest BCUT2D eigenvalue weighted by atomic mass is 10.1. The number of benzene rings is 2. The van der Waals surface area contributed by atoms with Gasteiger partial charge in [-0.15, -0.1) is 0 Å². The number of nitrogens with one attached hydrogen (secondary N) is 1. The lowest BCUT2D eigenvalue weighted by Crippen LogP contribution is -2.26. The minimum absolute atomic E-state index is 0.0768. The molecule has 27 heavy (non-hydrogen) atoms. The van der Waals surface area contributed by atoms with Crippen molar-refractivity contribution < 1.29 is 13.2 Å². The highest BCUT2D eigenvalue weighted by Crippen LogP contribution is 2.15. The predicted octanol–water partition coefficient (Wildman–Crippen LogP) is 2.27. The molecule has 0 aliphatic carbocycles. The van der Waals surface area contributed by atoms with Crippen LogP contribution in [0.3, 0.4) is 0 Å². The second-order valence-electron chi connectivity index (χ2n) is 6.62. The normalized spacial score (nSPS) is 11.6. The first-order valence-electron chi connectivity index (χ1n) is 8.80. The first kappa shape index (κ1) is 19.1. The molecular weight excluding hydrogens is 362 g/mol. The van der Waals surface area contributed by atoms with Crippen LogP contribution in [-0.2, 0) is 34.5 Å². The van der Waals surface area contributed by atoms with Crippen LogP contribution in [0, 0.1) is 0 Å². The van der Waals surface area contributed by atoms with E-state index in [1.165, 1.54) is 18.4 Å². The summed E-state index contributed by atoms with van der Waals surface area (Å²) in [6.07, 6.45) is 2.99. The van der Waals surface area contributed by atoms with E-state index in [2.05, 4.69) is 14.9 Å². The van der Waals surface area contributed by atoms with Crippen molar-refractivity contribution in [2.45, 2.75) is 24.2 Å². The number of amides is 1. The summed E-state index contributed by atoms with van der Waals surface area (Å²) < 4.78 is 25.0. The number of imidazole rings is 1. The maximum Gasteiger partial charge on any atom is 0.224 e. The van der Waals surface area contributed by atoms with Gasteiger partial charge in [-0.3, -0.25) is 4.79 Å². The number of aryl methyl sites for hydroxylation is 2. The Hall–Kier alpha value is -2.67. The van der Waals surface area contributed by atoms with Crippen molar-refractivity contribution in [3.05, 3.63) is 59.9 Å². The highest BCUT2D eigenvalue weighted by molar-refractivity contribution is 7.90. The summed E-state index contributed by atoms with van der Waals surface area (Å²) in [7, 11) is -1.21. The molecule has 2 aromatic carbocycles. The predicted molar refractivity (Wildman–Crippen MR) is 105 cm³/mol. The van der Waals surface area contributed by atoms with Gasteiger partial charge in [0.15, 0.2) is 9.84 Å². The van der Waals surface area contributed by atoms with E-state index < -0.39 is 9.84 Å². The van der Waals surface area contributed by atoms with Crippen molar-refractivity contribution in [3.8, 4) is 0 Å². The summed E-state index contributed by atoms with van der Waals surface area (Å²) in [5.74, 6) is 0.925. The minimum atomic E-state index is -3.21. The van der Waals surface area contributed by atoms with Crippen molar-refractivity contribution in [3.63, 3.8) is 0 Å². The number of rotatable bonds is 7. The van der Waals surface area contributed by atoms with E-state index in [1.807, 2.05) is 31.3 Å². The van der Waals surface area contributed by atoms with Crippen LogP contribution in [0.15, 0.2) is 53.4 Å². The topological polar surface area (TPSA) is 81.1 Å². The van der Waals surface area contributed by atoms with Gasteiger partial charge in [-0.05, 0) is 36.2 Å². The molecule has 0 saturated heterocycles. The summed E-state index contributed by atoms with van der Waals surface area (Å²) in [6, 6.07) is 14.4. The van der Waals surface area contributed by atoms with Crippen LogP contribution in [0.25, 0.3) is 11.0 Å². The molecule has 0 aliphatic rings. The number of sulfone groups is 1. The molecule has 0 spiro atoms. The lowest BCUT2D eigenvalue weighted by Gasteiger charge is -2.06. The third-order valence-corrected chi connectivity index (χ3v) is 5.62. The molecule has 142 valence electrons. The Morgan fingerprint density at radius 1 is 1.11 bits per heavy atom. The Balaban J connectivity index is 1.47. The van der Waals surface area contributed by atoms with Crippen molar-refractivity contribution in [1.82, 2.24) is 14.9 Å². The van der Waals surface area contributed by atoms with E-state index in [0.717, 1.165) is 35.3 Å². The Morgan fingerprint density at radius 2 is 1.81 bits per heavy atom. The minimum Gasteiger partial charge on any atom is -0.356 e.